The minimum Gasteiger partial charge on any atom is -0.478 e. The third-order valence-electron chi connectivity index (χ3n) is 2.83. The number of benzene rings is 2. The zero-order chi connectivity index (χ0) is 15.4. The van der Waals surface area contributed by atoms with Crippen molar-refractivity contribution >= 4 is 29.2 Å². The van der Waals surface area contributed by atoms with Crippen LogP contribution in [-0.4, -0.2) is 22.1 Å². The molecule has 1 amide bonds. The Balaban J connectivity index is 2.22. The number of carbonyl (C=O) groups excluding carboxylic acids is 1. The van der Waals surface area contributed by atoms with Gasteiger partial charge in [0.05, 0.1) is 11.3 Å². The highest BCUT2D eigenvalue weighted by Crippen LogP contribution is 2.22. The van der Waals surface area contributed by atoms with E-state index in [-0.39, 0.29) is 16.3 Å². The minimum absolute atomic E-state index is 0.0758. The third-order valence-corrected chi connectivity index (χ3v) is 3.07. The average Bonchev–Trinajstić information content (AvgIpc) is 2.49. The van der Waals surface area contributed by atoms with Crippen LogP contribution in [0.1, 0.15) is 22.0 Å². The molecule has 108 valence electrons. The first-order chi connectivity index (χ1) is 9.99. The molecule has 0 aromatic heterocycles. The Morgan fingerprint density at radius 1 is 1.10 bits per heavy atom. The van der Waals surface area contributed by atoms with Crippen molar-refractivity contribution in [1.82, 2.24) is 0 Å². The maximum atomic E-state index is 12.0. The van der Waals surface area contributed by atoms with E-state index in [4.69, 9.17) is 16.7 Å². The van der Waals surface area contributed by atoms with Gasteiger partial charge in [-0.3, -0.25) is 4.79 Å². The number of nitrogens with one attached hydrogen (secondary N) is 1. The van der Waals surface area contributed by atoms with Gasteiger partial charge in [0.15, 0.2) is 6.10 Å². The molecule has 0 aliphatic rings. The molecule has 0 aliphatic carbocycles. The molecule has 0 saturated carbocycles. The maximum absolute atomic E-state index is 12.0. The lowest BCUT2D eigenvalue weighted by Crippen LogP contribution is -2.22. The van der Waals surface area contributed by atoms with Crippen LogP contribution in [0.25, 0.3) is 0 Å². The smallest absolute Gasteiger partial charge is 0.337 e. The number of anilines is 1. The summed E-state index contributed by atoms with van der Waals surface area (Å²) in [6.07, 6.45) is -1.39. The van der Waals surface area contributed by atoms with Crippen molar-refractivity contribution < 1.29 is 19.8 Å². The molecule has 0 bridgehead atoms. The van der Waals surface area contributed by atoms with E-state index in [1.165, 1.54) is 18.2 Å². The van der Waals surface area contributed by atoms with Crippen molar-refractivity contribution in [3.8, 4) is 0 Å². The molecule has 0 radical (unpaired) electrons. The molecule has 6 heteroatoms. The Kier molecular flexibility index (Phi) is 4.57. The first-order valence-electron chi connectivity index (χ1n) is 6.06. The summed E-state index contributed by atoms with van der Waals surface area (Å²) < 4.78 is 0. The first kappa shape index (κ1) is 15.0. The van der Waals surface area contributed by atoms with Gasteiger partial charge in [0.25, 0.3) is 5.91 Å². The predicted octanol–water partition coefficient (Wildman–Crippen LogP) is 2.71. The number of hydrogen-bond acceptors (Lipinski definition) is 3. The van der Waals surface area contributed by atoms with E-state index < -0.39 is 18.0 Å². The highest BCUT2D eigenvalue weighted by molar-refractivity contribution is 6.31. The fourth-order valence-electron chi connectivity index (χ4n) is 1.79. The highest BCUT2D eigenvalue weighted by Gasteiger charge is 2.20. The summed E-state index contributed by atoms with van der Waals surface area (Å²) in [5.41, 5.74) is 0.351. The summed E-state index contributed by atoms with van der Waals surface area (Å²) in [7, 11) is 0. The van der Waals surface area contributed by atoms with E-state index in [9.17, 15) is 14.7 Å². The standard InChI is InChI=1S/C15H12ClNO4/c16-10-6-7-12(11(8-10)15(20)21)17-14(19)13(18)9-4-2-1-3-5-9/h1-8,13,18H,(H,17,19)(H,20,21). The van der Waals surface area contributed by atoms with E-state index in [0.29, 0.717) is 5.56 Å². The fraction of sp³-hybridized carbons (Fsp3) is 0.0667. The number of carboxylic acids is 1. The summed E-state index contributed by atoms with van der Waals surface area (Å²) in [5, 5.41) is 21.7. The largest absolute Gasteiger partial charge is 0.478 e. The Morgan fingerprint density at radius 3 is 2.38 bits per heavy atom. The summed E-state index contributed by atoms with van der Waals surface area (Å²) in [4.78, 5) is 23.1. The molecule has 0 saturated heterocycles. The van der Waals surface area contributed by atoms with Crippen LogP contribution in [0, 0.1) is 0 Å². The Labute approximate surface area is 125 Å². The molecule has 0 heterocycles. The molecular weight excluding hydrogens is 294 g/mol. The number of carboxylic acid groups (broad SMARTS) is 1. The van der Waals surface area contributed by atoms with Crippen molar-refractivity contribution in [3.63, 3.8) is 0 Å². The van der Waals surface area contributed by atoms with Gasteiger partial charge in [-0.1, -0.05) is 41.9 Å². The zero-order valence-electron chi connectivity index (χ0n) is 10.8. The number of hydrogen-bond donors (Lipinski definition) is 3. The Bertz CT molecular complexity index is 673. The van der Waals surface area contributed by atoms with Crippen LogP contribution in [0.2, 0.25) is 5.02 Å². The van der Waals surface area contributed by atoms with Crippen molar-refractivity contribution in [2.45, 2.75) is 6.10 Å². The van der Waals surface area contributed by atoms with Gasteiger partial charge in [-0.05, 0) is 23.8 Å². The molecule has 5 nitrogen and oxygen atoms in total. The number of amides is 1. The molecule has 1 atom stereocenters. The van der Waals surface area contributed by atoms with Gasteiger partial charge in [0.1, 0.15) is 0 Å². The summed E-state index contributed by atoms with van der Waals surface area (Å²) in [5.74, 6) is -1.94. The lowest BCUT2D eigenvalue weighted by atomic mass is 10.1. The second-order valence-corrected chi connectivity index (χ2v) is 4.73. The monoisotopic (exact) mass is 305 g/mol. The summed E-state index contributed by atoms with van der Waals surface area (Å²) in [6, 6.07) is 12.4. The molecule has 0 fully saturated rings. The van der Waals surface area contributed by atoms with Crippen LogP contribution >= 0.6 is 11.6 Å². The van der Waals surface area contributed by atoms with Gasteiger partial charge >= 0.3 is 5.97 Å². The lowest BCUT2D eigenvalue weighted by Gasteiger charge is -2.13. The number of carbonyl (C=O) groups is 2. The van der Waals surface area contributed by atoms with E-state index in [0.717, 1.165) is 0 Å². The molecule has 3 N–H and O–H groups in total. The van der Waals surface area contributed by atoms with Gasteiger partial charge in [-0.15, -0.1) is 0 Å². The average molecular weight is 306 g/mol. The van der Waals surface area contributed by atoms with Gasteiger partial charge in [-0.25, -0.2) is 4.79 Å². The van der Waals surface area contributed by atoms with E-state index in [2.05, 4.69) is 5.32 Å². The zero-order valence-corrected chi connectivity index (χ0v) is 11.5. The second kappa shape index (κ2) is 6.39. The topological polar surface area (TPSA) is 86.6 Å². The van der Waals surface area contributed by atoms with Crippen LogP contribution in [0.3, 0.4) is 0 Å². The molecule has 0 aliphatic heterocycles. The van der Waals surface area contributed by atoms with Crippen LogP contribution in [0.4, 0.5) is 5.69 Å². The van der Waals surface area contributed by atoms with Gasteiger partial charge in [0.2, 0.25) is 0 Å². The SMILES string of the molecule is O=C(O)c1cc(Cl)ccc1NC(=O)C(O)c1ccccc1. The highest BCUT2D eigenvalue weighted by atomic mass is 35.5. The van der Waals surface area contributed by atoms with E-state index in [1.807, 2.05) is 0 Å². The van der Waals surface area contributed by atoms with Crippen molar-refractivity contribution in [3.05, 3.63) is 64.7 Å². The van der Waals surface area contributed by atoms with Crippen molar-refractivity contribution in [1.29, 1.82) is 0 Å². The van der Waals surface area contributed by atoms with Gasteiger partial charge in [-0.2, -0.15) is 0 Å². The molecule has 21 heavy (non-hydrogen) atoms. The van der Waals surface area contributed by atoms with Crippen LogP contribution < -0.4 is 5.32 Å². The van der Waals surface area contributed by atoms with Crippen molar-refractivity contribution in [2.24, 2.45) is 0 Å². The van der Waals surface area contributed by atoms with Gasteiger partial charge < -0.3 is 15.5 Å². The fourth-order valence-corrected chi connectivity index (χ4v) is 1.96. The second-order valence-electron chi connectivity index (χ2n) is 4.30. The van der Waals surface area contributed by atoms with Gasteiger partial charge in [0, 0.05) is 5.02 Å². The molecule has 2 aromatic rings. The Morgan fingerprint density at radius 2 is 1.76 bits per heavy atom. The summed E-state index contributed by atoms with van der Waals surface area (Å²) in [6.45, 7) is 0. The molecule has 0 spiro atoms. The van der Waals surface area contributed by atoms with E-state index >= 15 is 0 Å². The quantitative estimate of drug-likeness (QED) is 0.810. The number of rotatable bonds is 4. The lowest BCUT2D eigenvalue weighted by molar-refractivity contribution is -0.124. The molecule has 2 rings (SSSR count). The minimum atomic E-state index is -1.39. The number of aliphatic hydroxyl groups excluding tert-OH is 1. The molecular formula is C15H12ClNO4. The number of halogens is 1. The molecule has 1 unspecified atom stereocenters. The van der Waals surface area contributed by atoms with Crippen LogP contribution in [0.15, 0.2) is 48.5 Å². The predicted molar refractivity (Wildman–Crippen MR) is 78.4 cm³/mol. The summed E-state index contributed by atoms with van der Waals surface area (Å²) >= 11 is 5.73. The number of aliphatic hydroxyl groups is 1. The normalized spacial score (nSPS) is 11.7. The van der Waals surface area contributed by atoms with Crippen LogP contribution in [0.5, 0.6) is 0 Å². The first-order valence-corrected chi connectivity index (χ1v) is 6.43. The van der Waals surface area contributed by atoms with Crippen molar-refractivity contribution in [2.75, 3.05) is 5.32 Å². The molecule has 2 aromatic carbocycles. The van der Waals surface area contributed by atoms with Crippen LogP contribution in [-0.2, 0) is 4.79 Å². The number of aromatic carboxylic acids is 1. The Hall–Kier alpha value is -2.37. The van der Waals surface area contributed by atoms with E-state index in [1.54, 1.807) is 30.3 Å². The maximum Gasteiger partial charge on any atom is 0.337 e. The third kappa shape index (κ3) is 3.59.